The molecule has 4 bridgehead atoms. The molecule has 0 aliphatic heterocycles. The van der Waals surface area contributed by atoms with Gasteiger partial charge >= 0.3 is 0 Å². The third kappa shape index (κ3) is 8.09. The summed E-state index contributed by atoms with van der Waals surface area (Å²) in [7, 11) is 3.43. The van der Waals surface area contributed by atoms with Crippen molar-refractivity contribution in [2.75, 3.05) is 24.9 Å². The molecule has 2 N–H and O–H groups in total. The molecule has 2 aromatic carbocycles. The molecule has 5 aliphatic rings. The van der Waals surface area contributed by atoms with Gasteiger partial charge in [0.2, 0.25) is 0 Å². The van der Waals surface area contributed by atoms with Gasteiger partial charge in [-0.05, 0) is 144 Å². The van der Waals surface area contributed by atoms with Crippen molar-refractivity contribution >= 4 is 22.9 Å². The van der Waals surface area contributed by atoms with E-state index in [1.165, 1.54) is 70.6 Å². The number of ether oxygens (including phenoxy) is 2. The fourth-order valence-electron chi connectivity index (χ4n) is 12.4. The van der Waals surface area contributed by atoms with Crippen molar-refractivity contribution in [1.82, 2.24) is 34.1 Å². The molecule has 0 radical (unpaired) electrons. The summed E-state index contributed by atoms with van der Waals surface area (Å²) in [6.45, 7) is 7.80. The van der Waals surface area contributed by atoms with Gasteiger partial charge in [0, 0.05) is 52.4 Å². The first-order valence-electron chi connectivity index (χ1n) is 23.7. The average molecular weight is 902 g/mol. The summed E-state index contributed by atoms with van der Waals surface area (Å²) < 4.78 is 26.8. The molecule has 0 spiro atoms. The summed E-state index contributed by atoms with van der Waals surface area (Å²) in [5, 5.41) is 16.1. The molecule has 8 aromatic rings. The predicted molar refractivity (Wildman–Crippen MR) is 264 cm³/mol. The molecule has 6 aromatic heterocycles. The second-order valence-corrected chi connectivity index (χ2v) is 19.4. The van der Waals surface area contributed by atoms with Gasteiger partial charge in [0.1, 0.15) is 51.7 Å². The number of anilines is 2. The first-order chi connectivity index (χ1) is 32.2. The maximum absolute atomic E-state index is 5.93. The first kappa shape index (κ1) is 44.2. The molecule has 5 saturated carbocycles. The van der Waals surface area contributed by atoms with Crippen molar-refractivity contribution in [2.45, 2.75) is 117 Å². The first-order valence-corrected chi connectivity index (χ1v) is 23.7. The van der Waals surface area contributed by atoms with E-state index in [0.29, 0.717) is 6.04 Å². The van der Waals surface area contributed by atoms with Gasteiger partial charge < -0.3 is 29.2 Å². The van der Waals surface area contributed by atoms with E-state index in [-0.39, 0.29) is 13.0 Å². The highest BCUT2D eigenvalue weighted by Gasteiger charge is 2.51. The summed E-state index contributed by atoms with van der Waals surface area (Å²) in [4.78, 5) is 14.3. The molecule has 67 heavy (non-hydrogen) atoms. The van der Waals surface area contributed by atoms with E-state index in [2.05, 4.69) is 89.5 Å². The summed E-state index contributed by atoms with van der Waals surface area (Å²) in [6.07, 6.45) is 22.0. The number of aromatic nitrogens is 7. The van der Waals surface area contributed by atoms with Gasteiger partial charge in [-0.15, -0.1) is 0 Å². The molecule has 0 saturated heterocycles. The number of fused-ring (bicyclic) bond motifs is 2. The molecular weight excluding hydrogens is 839 g/mol. The Hall–Kier alpha value is -6.63. The fraction of sp³-hybridized carbons (Fsp3) is 0.426. The number of imidazole rings is 2. The van der Waals surface area contributed by atoms with Crippen molar-refractivity contribution in [3.63, 3.8) is 0 Å². The lowest BCUT2D eigenvalue weighted by Gasteiger charge is -2.57. The molecule has 5 aliphatic carbocycles. The summed E-state index contributed by atoms with van der Waals surface area (Å²) in [5.74, 6) is 7.89. The van der Waals surface area contributed by atoms with Gasteiger partial charge in [0.05, 0.1) is 31.8 Å². The van der Waals surface area contributed by atoms with Crippen LogP contribution < -0.4 is 20.1 Å². The van der Waals surface area contributed by atoms with E-state index in [0.717, 1.165) is 120 Å². The Balaban J connectivity index is 0.000000156. The second kappa shape index (κ2) is 17.9. The smallest absolute Gasteiger partial charge is 0.157 e. The normalized spacial score (nSPS) is 21.0. The molecule has 6 heterocycles. The maximum Gasteiger partial charge on any atom is 0.157 e. The monoisotopic (exact) mass is 902 g/mol. The van der Waals surface area contributed by atoms with Gasteiger partial charge in [-0.2, -0.15) is 0 Å². The SMILES string of the molecule is C.COc1cc(-c2c(C)noc2C)ccc1-c1nc2ccccn2c1NC12CC3CC(CC(C3)C1)C2.COc1cc(-c2c(C)noc2C)ccc1-c1nc2cnccn2c1NC1CCCCC1. The summed E-state index contributed by atoms with van der Waals surface area (Å²) in [6, 6.07) is 19.2. The lowest BCUT2D eigenvalue weighted by atomic mass is 9.53. The lowest BCUT2D eigenvalue weighted by Crippen LogP contribution is -2.55. The minimum absolute atomic E-state index is 0. The third-order valence-electron chi connectivity index (χ3n) is 14.9. The minimum Gasteiger partial charge on any atom is -0.496 e. The Morgan fingerprint density at radius 2 is 1.21 bits per heavy atom. The number of methoxy groups -OCH3 is 2. The second-order valence-electron chi connectivity index (χ2n) is 19.4. The number of hydrogen-bond donors (Lipinski definition) is 2. The van der Waals surface area contributed by atoms with E-state index < -0.39 is 0 Å². The highest BCUT2D eigenvalue weighted by atomic mass is 16.5. The Morgan fingerprint density at radius 1 is 0.657 bits per heavy atom. The molecule has 13 rings (SSSR count). The van der Waals surface area contributed by atoms with Crippen LogP contribution >= 0.6 is 0 Å². The van der Waals surface area contributed by atoms with Gasteiger partial charge in [0.15, 0.2) is 5.65 Å². The Kier molecular flexibility index (Phi) is 11.8. The largest absolute Gasteiger partial charge is 0.496 e. The summed E-state index contributed by atoms with van der Waals surface area (Å²) >= 11 is 0. The lowest BCUT2D eigenvalue weighted by molar-refractivity contribution is 0.0105. The van der Waals surface area contributed by atoms with Crippen LogP contribution in [0.5, 0.6) is 11.5 Å². The average Bonchev–Trinajstić information content (AvgIpc) is 4.08. The number of nitrogens with one attached hydrogen (secondary N) is 2. The topological polar surface area (TPSA) is 142 Å². The molecule has 348 valence electrons. The van der Waals surface area contributed by atoms with Crippen LogP contribution in [-0.4, -0.2) is 59.9 Å². The van der Waals surface area contributed by atoms with Gasteiger partial charge in [-0.1, -0.05) is 55.2 Å². The quantitative estimate of drug-likeness (QED) is 0.135. The van der Waals surface area contributed by atoms with Gasteiger partial charge in [-0.3, -0.25) is 13.8 Å². The van der Waals surface area contributed by atoms with Gasteiger partial charge in [0.25, 0.3) is 0 Å². The van der Waals surface area contributed by atoms with Crippen molar-refractivity contribution in [3.05, 3.63) is 102 Å². The third-order valence-corrected chi connectivity index (χ3v) is 14.9. The van der Waals surface area contributed by atoms with Crippen LogP contribution in [0.25, 0.3) is 56.1 Å². The van der Waals surface area contributed by atoms with Crippen LogP contribution in [0.1, 0.15) is 101 Å². The number of aryl methyl sites for hydroxylation is 4. The number of hydrogen-bond acceptors (Lipinski definition) is 11. The molecule has 0 amide bonds. The van der Waals surface area contributed by atoms with Crippen LogP contribution in [0.2, 0.25) is 0 Å². The number of pyridine rings is 1. The van der Waals surface area contributed by atoms with Crippen molar-refractivity contribution in [2.24, 2.45) is 17.8 Å². The summed E-state index contributed by atoms with van der Waals surface area (Å²) in [5.41, 5.74) is 11.6. The van der Waals surface area contributed by atoms with E-state index in [1.54, 1.807) is 26.6 Å². The predicted octanol–water partition coefficient (Wildman–Crippen LogP) is 12.7. The fourth-order valence-corrected chi connectivity index (χ4v) is 12.4. The van der Waals surface area contributed by atoms with E-state index in [9.17, 15) is 0 Å². The molecule has 13 nitrogen and oxygen atoms in total. The van der Waals surface area contributed by atoms with Crippen molar-refractivity contribution in [3.8, 4) is 56.3 Å². The zero-order valence-corrected chi connectivity index (χ0v) is 38.9. The Labute approximate surface area is 392 Å². The Morgan fingerprint density at radius 3 is 1.76 bits per heavy atom. The van der Waals surface area contributed by atoms with Crippen LogP contribution in [0, 0.1) is 45.4 Å². The zero-order chi connectivity index (χ0) is 45.1. The van der Waals surface area contributed by atoms with E-state index in [4.69, 9.17) is 28.5 Å². The highest BCUT2D eigenvalue weighted by Crippen LogP contribution is 2.57. The van der Waals surface area contributed by atoms with Crippen LogP contribution in [0.4, 0.5) is 11.6 Å². The van der Waals surface area contributed by atoms with Crippen LogP contribution in [0.15, 0.2) is 88.4 Å². The minimum atomic E-state index is 0. The highest BCUT2D eigenvalue weighted by molar-refractivity contribution is 5.85. The van der Waals surface area contributed by atoms with Crippen LogP contribution in [-0.2, 0) is 0 Å². The van der Waals surface area contributed by atoms with Gasteiger partial charge in [-0.25, -0.2) is 9.97 Å². The standard InChI is InChI=1S/C29H32N4O2.C24H27N5O2.CH4/c1-17-26(18(2)35-32-17)22-7-8-23(24(13-22)34-3)27-28(33-9-5-4-6-25(33)30-27)31-29-14-19-10-20(15-29)12-21(11-19)16-29;1-15-22(16(2)31-28-15)17-9-10-19(20(13-17)30-3)23-24(26-18-7-5-4-6-8-18)29-12-11-25-14-21(29)27-23;/h4-9,13,19-21,31H,10-12,14-16H2,1-3H3;9-14,18,26H,4-8H2,1-3H3;1H4. The molecule has 0 atom stereocenters. The number of benzene rings is 2. The Bertz CT molecular complexity index is 2990. The van der Waals surface area contributed by atoms with Crippen molar-refractivity contribution in [1.29, 1.82) is 0 Å². The molecular formula is C54H63N9O4. The number of rotatable bonds is 10. The molecule has 0 unspecified atom stereocenters. The molecule has 5 fully saturated rings. The van der Waals surface area contributed by atoms with Crippen LogP contribution in [0.3, 0.4) is 0 Å². The van der Waals surface area contributed by atoms with Crippen molar-refractivity contribution < 1.29 is 18.5 Å². The zero-order valence-electron chi connectivity index (χ0n) is 38.9. The van der Waals surface area contributed by atoms with E-state index in [1.807, 2.05) is 40.0 Å². The van der Waals surface area contributed by atoms with E-state index >= 15 is 0 Å². The maximum atomic E-state index is 5.93. The molecule has 13 heteroatoms. The number of nitrogens with zero attached hydrogens (tertiary/aromatic N) is 7.